The predicted molar refractivity (Wildman–Crippen MR) is 112 cm³/mol. The van der Waals surface area contributed by atoms with Crippen LogP contribution in [0.2, 0.25) is 0 Å². The molecule has 0 amide bonds. The molecule has 0 unspecified atom stereocenters. The van der Waals surface area contributed by atoms with Gasteiger partial charge in [-0.15, -0.1) is 0 Å². The van der Waals surface area contributed by atoms with Gasteiger partial charge in [-0.2, -0.15) is 0 Å². The Morgan fingerprint density at radius 1 is 0.724 bits per heavy atom. The Bertz CT molecular complexity index is 1260. The zero-order chi connectivity index (χ0) is 20.8. The highest BCUT2D eigenvalue weighted by Gasteiger charge is 2.33. The van der Waals surface area contributed by atoms with Gasteiger partial charge >= 0.3 is 0 Å². The van der Waals surface area contributed by atoms with E-state index in [0.29, 0.717) is 30.8 Å². The largest absolute Gasteiger partial charge is 0.267 e. The molecular formula is C21H22N2O4S2. The Labute approximate surface area is 171 Å². The van der Waals surface area contributed by atoms with Gasteiger partial charge < -0.3 is 0 Å². The van der Waals surface area contributed by atoms with Crippen molar-refractivity contribution in [1.29, 1.82) is 0 Å². The van der Waals surface area contributed by atoms with Crippen molar-refractivity contribution >= 4 is 25.7 Å². The van der Waals surface area contributed by atoms with Gasteiger partial charge in [0.05, 0.1) is 21.2 Å². The van der Waals surface area contributed by atoms with Gasteiger partial charge in [-0.1, -0.05) is 35.4 Å². The molecule has 1 aliphatic heterocycles. The number of hydrogen-bond acceptors (Lipinski definition) is 4. The van der Waals surface area contributed by atoms with Crippen LogP contribution in [-0.2, 0) is 26.5 Å². The van der Waals surface area contributed by atoms with Gasteiger partial charge in [-0.3, -0.25) is 4.31 Å². The lowest BCUT2D eigenvalue weighted by Gasteiger charge is -2.29. The van der Waals surface area contributed by atoms with Crippen molar-refractivity contribution in [2.45, 2.75) is 36.5 Å². The summed E-state index contributed by atoms with van der Waals surface area (Å²) >= 11 is 0. The number of benzene rings is 2. The predicted octanol–water partition coefficient (Wildman–Crippen LogP) is 3.48. The number of nitrogens with zero attached hydrogens (tertiary/aromatic N) is 2. The van der Waals surface area contributed by atoms with Crippen molar-refractivity contribution < 1.29 is 16.8 Å². The highest BCUT2D eigenvalue weighted by atomic mass is 32.2. The first-order valence-corrected chi connectivity index (χ1v) is 12.2. The third-order valence-corrected chi connectivity index (χ3v) is 8.72. The summed E-state index contributed by atoms with van der Waals surface area (Å²) in [6.45, 7) is 4.10. The Morgan fingerprint density at radius 3 is 1.79 bits per heavy atom. The summed E-state index contributed by atoms with van der Waals surface area (Å²) < 4.78 is 55.2. The molecule has 0 radical (unpaired) electrons. The standard InChI is InChI=1S/C21H22N2O4S2/c1-16-5-9-18(10-6-16)28(24,25)22-14-3-4-20-21(22)13-15-23(20)29(26,27)19-11-7-17(2)8-12-19/h5-13,15H,3-4,14H2,1-2H3. The fraction of sp³-hybridized carbons (Fsp3) is 0.238. The first kappa shape index (κ1) is 19.7. The SMILES string of the molecule is Cc1ccc(S(=O)(=O)N2CCCc3c2ccn3S(=O)(=O)c2ccc(C)cc2)cc1. The fourth-order valence-electron chi connectivity index (χ4n) is 3.55. The maximum absolute atomic E-state index is 13.2. The van der Waals surface area contributed by atoms with E-state index in [1.165, 1.54) is 14.5 Å². The van der Waals surface area contributed by atoms with Crippen LogP contribution in [0, 0.1) is 13.8 Å². The highest BCUT2D eigenvalue weighted by molar-refractivity contribution is 7.93. The van der Waals surface area contributed by atoms with E-state index in [4.69, 9.17) is 0 Å². The zero-order valence-electron chi connectivity index (χ0n) is 16.2. The minimum absolute atomic E-state index is 0.181. The minimum Gasteiger partial charge on any atom is -0.264 e. The van der Waals surface area contributed by atoms with E-state index in [1.54, 1.807) is 54.6 Å². The first-order chi connectivity index (χ1) is 13.7. The van der Waals surface area contributed by atoms with Crippen LogP contribution in [-0.4, -0.2) is 27.4 Å². The molecule has 6 nitrogen and oxygen atoms in total. The number of anilines is 1. The fourth-order valence-corrected chi connectivity index (χ4v) is 6.48. The van der Waals surface area contributed by atoms with Gasteiger partial charge in [0.2, 0.25) is 0 Å². The molecule has 3 aromatic rings. The maximum atomic E-state index is 13.2. The smallest absolute Gasteiger partial charge is 0.264 e. The van der Waals surface area contributed by atoms with Gasteiger partial charge in [-0.25, -0.2) is 20.8 Å². The summed E-state index contributed by atoms with van der Waals surface area (Å²) in [6, 6.07) is 14.9. The maximum Gasteiger partial charge on any atom is 0.267 e. The number of hydrogen-bond donors (Lipinski definition) is 0. The van der Waals surface area contributed by atoms with Crippen molar-refractivity contribution in [3.8, 4) is 0 Å². The lowest BCUT2D eigenvalue weighted by atomic mass is 10.1. The van der Waals surface area contributed by atoms with Crippen molar-refractivity contribution in [3.63, 3.8) is 0 Å². The number of rotatable bonds is 4. The van der Waals surface area contributed by atoms with Gasteiger partial charge in [-0.05, 0) is 57.0 Å². The highest BCUT2D eigenvalue weighted by Crippen LogP contribution is 2.34. The van der Waals surface area contributed by atoms with Gasteiger partial charge in [0.1, 0.15) is 0 Å². The molecule has 0 spiro atoms. The Hall–Kier alpha value is -2.58. The molecule has 0 N–H and O–H groups in total. The molecule has 2 heterocycles. The van der Waals surface area contributed by atoms with E-state index >= 15 is 0 Å². The van der Waals surface area contributed by atoms with E-state index in [1.807, 2.05) is 13.8 Å². The van der Waals surface area contributed by atoms with Crippen molar-refractivity contribution in [2.24, 2.45) is 0 Å². The summed E-state index contributed by atoms with van der Waals surface area (Å²) in [5.74, 6) is 0. The Morgan fingerprint density at radius 2 is 1.24 bits per heavy atom. The van der Waals surface area contributed by atoms with Crippen LogP contribution in [0.5, 0.6) is 0 Å². The van der Waals surface area contributed by atoms with E-state index in [2.05, 4.69) is 0 Å². The summed E-state index contributed by atoms with van der Waals surface area (Å²) in [5, 5.41) is 0. The summed E-state index contributed by atoms with van der Waals surface area (Å²) in [7, 11) is -7.57. The molecule has 152 valence electrons. The first-order valence-electron chi connectivity index (χ1n) is 9.33. The van der Waals surface area contributed by atoms with Crippen LogP contribution in [0.1, 0.15) is 23.2 Å². The second kappa shape index (κ2) is 7.03. The summed E-state index contributed by atoms with van der Waals surface area (Å²) in [5.41, 5.74) is 2.85. The minimum atomic E-state index is -3.80. The van der Waals surface area contributed by atoms with Gasteiger partial charge in [0.15, 0.2) is 0 Å². The molecule has 0 bridgehead atoms. The van der Waals surface area contributed by atoms with Crippen LogP contribution in [0.25, 0.3) is 0 Å². The third-order valence-electron chi connectivity index (χ3n) is 5.16. The van der Waals surface area contributed by atoms with Crippen LogP contribution < -0.4 is 4.31 Å². The lowest BCUT2D eigenvalue weighted by molar-refractivity contribution is 0.577. The quantitative estimate of drug-likeness (QED) is 0.635. The molecule has 29 heavy (non-hydrogen) atoms. The van der Waals surface area contributed by atoms with Gasteiger partial charge in [0.25, 0.3) is 20.0 Å². The summed E-state index contributed by atoms with van der Waals surface area (Å²) in [4.78, 5) is 0.380. The molecule has 0 aliphatic carbocycles. The molecule has 8 heteroatoms. The number of aromatic nitrogens is 1. The van der Waals surface area contributed by atoms with E-state index in [0.717, 1.165) is 11.1 Å². The Kier molecular flexibility index (Phi) is 4.78. The number of aryl methyl sites for hydroxylation is 2. The normalized spacial score (nSPS) is 14.6. The molecule has 0 saturated carbocycles. The van der Waals surface area contributed by atoms with Crippen LogP contribution in [0.4, 0.5) is 5.69 Å². The van der Waals surface area contributed by atoms with E-state index < -0.39 is 20.0 Å². The molecule has 1 aliphatic rings. The van der Waals surface area contributed by atoms with Crippen molar-refractivity contribution in [3.05, 3.63) is 77.6 Å². The summed E-state index contributed by atoms with van der Waals surface area (Å²) in [6.07, 6.45) is 2.49. The molecule has 2 aromatic carbocycles. The zero-order valence-corrected chi connectivity index (χ0v) is 17.9. The van der Waals surface area contributed by atoms with E-state index in [9.17, 15) is 16.8 Å². The molecular weight excluding hydrogens is 408 g/mol. The van der Waals surface area contributed by atoms with Crippen LogP contribution >= 0.6 is 0 Å². The van der Waals surface area contributed by atoms with E-state index in [-0.39, 0.29) is 9.79 Å². The third kappa shape index (κ3) is 3.36. The van der Waals surface area contributed by atoms with Crippen molar-refractivity contribution in [1.82, 2.24) is 3.97 Å². The molecule has 0 fully saturated rings. The van der Waals surface area contributed by atoms with Gasteiger partial charge in [0, 0.05) is 12.7 Å². The Balaban J connectivity index is 1.78. The van der Waals surface area contributed by atoms with Crippen molar-refractivity contribution in [2.75, 3.05) is 10.8 Å². The monoisotopic (exact) mass is 430 g/mol. The second-order valence-corrected chi connectivity index (χ2v) is 10.9. The average Bonchev–Trinajstić information content (AvgIpc) is 3.13. The second-order valence-electron chi connectivity index (χ2n) is 7.26. The number of fused-ring (bicyclic) bond motifs is 1. The average molecular weight is 431 g/mol. The lowest BCUT2D eigenvalue weighted by Crippen LogP contribution is -2.35. The number of sulfonamides is 1. The molecule has 0 atom stereocenters. The topological polar surface area (TPSA) is 76.5 Å². The molecule has 4 rings (SSSR count). The van der Waals surface area contributed by atoms with Crippen LogP contribution in [0.15, 0.2) is 70.6 Å². The molecule has 1 aromatic heterocycles. The molecule has 0 saturated heterocycles. The van der Waals surface area contributed by atoms with Crippen LogP contribution in [0.3, 0.4) is 0 Å².